The van der Waals surface area contributed by atoms with Crippen LogP contribution in [0.2, 0.25) is 0 Å². The Labute approximate surface area is 228 Å². The number of morpholine rings is 1. The number of carbonyl (C=O) groups excluding carboxylic acids is 1. The summed E-state index contributed by atoms with van der Waals surface area (Å²) < 4.78 is 40.3. The second-order valence-electron chi connectivity index (χ2n) is 8.37. The number of ether oxygens (including phenoxy) is 2. The molecule has 3 N–H and O–H groups in total. The summed E-state index contributed by atoms with van der Waals surface area (Å²) in [6.07, 6.45) is 4.21. The van der Waals surface area contributed by atoms with Crippen molar-refractivity contribution in [3.05, 3.63) is 60.3 Å². The Morgan fingerprint density at radius 3 is 2.59 bits per heavy atom. The molecular formula is C25H24N6O6S2. The standard InChI is InChI=1S/C25H24N6O6S2/c1-36-21-9-5-17(15-26-21)24-27-19-14-22(38-23(19)25(28-24)31-10-12-37-13-11-31)30-39(34,35)18-6-2-16(3-7-18)4-8-20(32)29-33/h2-9,14-15,30,33H,10-13H2,1H3,(H,29,32). The number of rotatable bonds is 8. The average molecular weight is 569 g/mol. The molecule has 14 heteroatoms. The molecule has 0 saturated carbocycles. The third-order valence-corrected chi connectivity index (χ3v) is 8.38. The fourth-order valence-electron chi connectivity index (χ4n) is 3.88. The van der Waals surface area contributed by atoms with Gasteiger partial charge in [0, 0.05) is 37.0 Å². The van der Waals surface area contributed by atoms with Crippen LogP contribution in [0.1, 0.15) is 5.56 Å². The van der Waals surface area contributed by atoms with Gasteiger partial charge in [0.25, 0.3) is 15.9 Å². The lowest BCUT2D eigenvalue weighted by Gasteiger charge is -2.28. The molecule has 5 rings (SSSR count). The number of hydroxylamine groups is 1. The van der Waals surface area contributed by atoms with Gasteiger partial charge in [-0.25, -0.2) is 28.8 Å². The number of hydrogen-bond donors (Lipinski definition) is 3. The van der Waals surface area contributed by atoms with Gasteiger partial charge >= 0.3 is 0 Å². The molecule has 1 fully saturated rings. The number of anilines is 2. The van der Waals surface area contributed by atoms with E-state index in [1.54, 1.807) is 37.6 Å². The van der Waals surface area contributed by atoms with Gasteiger partial charge in [0.2, 0.25) is 5.88 Å². The molecule has 3 aromatic heterocycles. The van der Waals surface area contributed by atoms with E-state index in [4.69, 9.17) is 24.6 Å². The molecular weight excluding hydrogens is 544 g/mol. The molecule has 0 radical (unpaired) electrons. The van der Waals surface area contributed by atoms with Gasteiger partial charge in [0.05, 0.1) is 35.4 Å². The molecule has 0 bridgehead atoms. The van der Waals surface area contributed by atoms with Crippen molar-refractivity contribution in [2.45, 2.75) is 4.90 Å². The number of benzene rings is 1. The second-order valence-corrected chi connectivity index (χ2v) is 11.1. The van der Waals surface area contributed by atoms with Crippen molar-refractivity contribution in [3.63, 3.8) is 0 Å². The highest BCUT2D eigenvalue weighted by atomic mass is 32.2. The number of nitrogens with one attached hydrogen (secondary N) is 2. The summed E-state index contributed by atoms with van der Waals surface area (Å²) in [5, 5.41) is 8.97. The van der Waals surface area contributed by atoms with Crippen LogP contribution in [-0.2, 0) is 19.6 Å². The highest BCUT2D eigenvalue weighted by Gasteiger charge is 2.22. The number of hydrogen-bond acceptors (Lipinski definition) is 11. The SMILES string of the molecule is COc1ccc(-c2nc(N3CCOCC3)c3sc(NS(=O)(=O)c4ccc(C=CC(=O)NO)cc4)cc3n2)cn1. The molecule has 0 unspecified atom stereocenters. The maximum atomic E-state index is 13.1. The van der Waals surface area contributed by atoms with Gasteiger partial charge in [-0.2, -0.15) is 0 Å². The van der Waals surface area contributed by atoms with Crippen molar-refractivity contribution in [3.8, 4) is 17.3 Å². The van der Waals surface area contributed by atoms with Gasteiger partial charge in [-0.3, -0.25) is 14.7 Å². The lowest BCUT2D eigenvalue weighted by Crippen LogP contribution is -2.36. The number of methoxy groups -OCH3 is 1. The topological polar surface area (TPSA) is 156 Å². The largest absolute Gasteiger partial charge is 0.481 e. The molecule has 0 spiro atoms. The molecule has 4 heterocycles. The summed E-state index contributed by atoms with van der Waals surface area (Å²) in [4.78, 5) is 27.1. The van der Waals surface area contributed by atoms with E-state index in [0.29, 0.717) is 65.5 Å². The first kappa shape index (κ1) is 26.5. The van der Waals surface area contributed by atoms with E-state index >= 15 is 0 Å². The Balaban J connectivity index is 1.47. The monoisotopic (exact) mass is 568 g/mol. The molecule has 1 saturated heterocycles. The summed E-state index contributed by atoms with van der Waals surface area (Å²) in [5.74, 6) is 0.946. The third kappa shape index (κ3) is 5.98. The molecule has 4 aromatic rings. The quantitative estimate of drug-likeness (QED) is 0.164. The highest BCUT2D eigenvalue weighted by molar-refractivity contribution is 7.93. The Bertz CT molecular complexity index is 1620. The number of fused-ring (bicyclic) bond motifs is 1. The molecule has 39 heavy (non-hydrogen) atoms. The number of thiophene rings is 1. The maximum absolute atomic E-state index is 13.1. The predicted molar refractivity (Wildman–Crippen MR) is 146 cm³/mol. The molecule has 12 nitrogen and oxygen atoms in total. The predicted octanol–water partition coefficient (Wildman–Crippen LogP) is 2.92. The van der Waals surface area contributed by atoms with Crippen LogP contribution in [0.3, 0.4) is 0 Å². The zero-order valence-corrected chi connectivity index (χ0v) is 22.3. The molecule has 1 aromatic carbocycles. The molecule has 1 aliphatic rings. The van der Waals surface area contributed by atoms with Crippen LogP contribution < -0.4 is 19.8 Å². The number of sulfonamides is 1. The van der Waals surface area contributed by atoms with Crippen molar-refractivity contribution in [1.29, 1.82) is 0 Å². The van der Waals surface area contributed by atoms with E-state index in [1.165, 1.54) is 35.0 Å². The van der Waals surface area contributed by atoms with Gasteiger partial charge in [0.15, 0.2) is 11.6 Å². The summed E-state index contributed by atoms with van der Waals surface area (Å²) in [5.41, 5.74) is 3.38. The van der Waals surface area contributed by atoms with Crippen LogP contribution in [0.4, 0.5) is 10.8 Å². The van der Waals surface area contributed by atoms with Gasteiger partial charge in [-0.05, 0) is 35.9 Å². The number of carbonyl (C=O) groups is 1. The van der Waals surface area contributed by atoms with E-state index in [2.05, 4.69) is 14.6 Å². The molecule has 1 aliphatic heterocycles. The Hall–Kier alpha value is -4.11. The molecule has 0 aliphatic carbocycles. The van der Waals surface area contributed by atoms with Gasteiger partial charge in [-0.1, -0.05) is 12.1 Å². The second kappa shape index (κ2) is 11.3. The Morgan fingerprint density at radius 2 is 1.92 bits per heavy atom. The van der Waals surface area contributed by atoms with Crippen LogP contribution in [0, 0.1) is 0 Å². The van der Waals surface area contributed by atoms with Crippen molar-refractivity contribution < 1.29 is 27.9 Å². The van der Waals surface area contributed by atoms with Crippen molar-refractivity contribution in [2.75, 3.05) is 43.0 Å². The first-order chi connectivity index (χ1) is 18.9. The molecule has 1 amide bonds. The fraction of sp³-hybridized carbons (Fsp3) is 0.200. The van der Waals surface area contributed by atoms with Crippen molar-refractivity contribution in [1.82, 2.24) is 20.4 Å². The fourth-order valence-corrected chi connectivity index (χ4v) is 6.17. The van der Waals surface area contributed by atoms with Crippen LogP contribution in [0.15, 0.2) is 59.6 Å². The van der Waals surface area contributed by atoms with Crippen LogP contribution in [0.5, 0.6) is 5.88 Å². The minimum atomic E-state index is -3.91. The summed E-state index contributed by atoms with van der Waals surface area (Å²) >= 11 is 1.25. The minimum Gasteiger partial charge on any atom is -0.481 e. The van der Waals surface area contributed by atoms with Crippen LogP contribution in [-0.4, -0.2) is 67.9 Å². The number of aromatic nitrogens is 3. The van der Waals surface area contributed by atoms with Crippen molar-refractivity contribution >= 4 is 54.4 Å². The normalized spacial score (nSPS) is 14.1. The molecule has 0 atom stereocenters. The summed E-state index contributed by atoms with van der Waals surface area (Å²) in [6.45, 7) is 2.41. The van der Waals surface area contributed by atoms with Crippen molar-refractivity contribution in [2.24, 2.45) is 0 Å². The Kier molecular flexibility index (Phi) is 7.70. The molecule has 202 valence electrons. The number of amides is 1. The van der Waals surface area contributed by atoms with Gasteiger partial charge in [-0.15, -0.1) is 11.3 Å². The van der Waals surface area contributed by atoms with E-state index in [1.807, 2.05) is 6.07 Å². The Morgan fingerprint density at radius 1 is 1.15 bits per heavy atom. The smallest absolute Gasteiger partial charge is 0.267 e. The summed E-state index contributed by atoms with van der Waals surface area (Å²) in [6, 6.07) is 11.2. The average Bonchev–Trinajstić information content (AvgIpc) is 3.37. The minimum absolute atomic E-state index is 0.0493. The van der Waals surface area contributed by atoms with E-state index in [0.717, 1.165) is 10.8 Å². The van der Waals surface area contributed by atoms with E-state index in [9.17, 15) is 13.2 Å². The number of nitrogens with zero attached hydrogens (tertiary/aromatic N) is 4. The lowest BCUT2D eigenvalue weighted by atomic mass is 10.2. The van der Waals surface area contributed by atoms with Gasteiger partial charge in [0.1, 0.15) is 5.00 Å². The highest BCUT2D eigenvalue weighted by Crippen LogP contribution is 2.37. The van der Waals surface area contributed by atoms with E-state index in [-0.39, 0.29) is 4.90 Å². The third-order valence-electron chi connectivity index (χ3n) is 5.83. The number of pyridine rings is 1. The van der Waals surface area contributed by atoms with Crippen LogP contribution in [0.25, 0.3) is 27.7 Å². The van der Waals surface area contributed by atoms with E-state index < -0.39 is 15.9 Å². The van der Waals surface area contributed by atoms with Crippen LogP contribution >= 0.6 is 11.3 Å². The zero-order valence-electron chi connectivity index (χ0n) is 20.7. The zero-order chi connectivity index (χ0) is 27.4. The maximum Gasteiger partial charge on any atom is 0.267 e. The lowest BCUT2D eigenvalue weighted by molar-refractivity contribution is -0.124. The summed E-state index contributed by atoms with van der Waals surface area (Å²) in [7, 11) is -2.37. The first-order valence-electron chi connectivity index (χ1n) is 11.8. The van der Waals surface area contributed by atoms with Gasteiger partial charge < -0.3 is 14.4 Å². The first-order valence-corrected chi connectivity index (χ1v) is 14.1.